The number of nitrogens with two attached hydrogens (primary N) is 1. The van der Waals surface area contributed by atoms with Gasteiger partial charge in [-0.1, -0.05) is 18.2 Å². The Morgan fingerprint density at radius 3 is 2.64 bits per heavy atom. The number of H-pyrrole nitrogens is 1. The van der Waals surface area contributed by atoms with Crippen molar-refractivity contribution in [2.45, 2.75) is 19.3 Å². The van der Waals surface area contributed by atoms with E-state index >= 15 is 0 Å². The van der Waals surface area contributed by atoms with Crippen LogP contribution in [0.15, 0.2) is 36.4 Å². The van der Waals surface area contributed by atoms with Crippen molar-refractivity contribution in [1.82, 2.24) is 10.2 Å². The highest BCUT2D eigenvalue weighted by atomic mass is 16.1. The second-order valence-corrected chi connectivity index (χ2v) is 6.82. The lowest BCUT2D eigenvalue weighted by molar-refractivity contribution is -0.0979. The average molecular weight is 377 g/mol. The molecule has 3 aromatic rings. The molecule has 2 heterocycles. The Balaban J connectivity index is 0.00000109. The first kappa shape index (κ1) is 19.5. The van der Waals surface area contributed by atoms with Gasteiger partial charge in [-0.3, -0.25) is 5.10 Å². The van der Waals surface area contributed by atoms with Gasteiger partial charge in [0, 0.05) is 31.2 Å². The summed E-state index contributed by atoms with van der Waals surface area (Å²) in [6.45, 7) is 4.24. The second kappa shape index (κ2) is 9.08. The lowest BCUT2D eigenvalue weighted by atomic mass is 10.1. The number of hydrogen-bond acceptors (Lipinski definition) is 5. The monoisotopic (exact) mass is 377 g/mol. The third-order valence-corrected chi connectivity index (χ3v) is 5.02. The summed E-state index contributed by atoms with van der Waals surface area (Å²) in [5, 5.41) is 12.2. The van der Waals surface area contributed by atoms with Gasteiger partial charge in [0.2, 0.25) is 0 Å². The molecule has 1 aliphatic rings. The number of nitrogen functional groups attached to an aromatic ring is 1. The highest BCUT2D eigenvalue weighted by Crippen LogP contribution is 2.33. The van der Waals surface area contributed by atoms with Crippen LogP contribution < -0.4 is 16.0 Å². The molecule has 1 fully saturated rings. The highest BCUT2D eigenvalue weighted by Gasteiger charge is 2.16. The number of fused-ring (bicyclic) bond motifs is 1. The quantitative estimate of drug-likeness (QED) is 0.594. The van der Waals surface area contributed by atoms with E-state index in [1.165, 1.54) is 24.9 Å². The molecular formula is C22H27N5O. The molecule has 0 radical (unpaired) electrons. The first-order valence-electron chi connectivity index (χ1n) is 9.52. The molecule has 4 N–H and O–H groups in total. The van der Waals surface area contributed by atoms with E-state index < -0.39 is 0 Å². The number of benzene rings is 2. The molecule has 6 nitrogen and oxygen atoms in total. The van der Waals surface area contributed by atoms with Crippen LogP contribution in [0.4, 0.5) is 17.1 Å². The summed E-state index contributed by atoms with van der Waals surface area (Å²) < 4.78 is 0. The van der Waals surface area contributed by atoms with Crippen molar-refractivity contribution >= 4 is 46.9 Å². The molecule has 0 spiro atoms. The number of nitrogens with one attached hydrogen (secondary N) is 2. The van der Waals surface area contributed by atoms with Gasteiger partial charge in [0.15, 0.2) is 0 Å². The van der Waals surface area contributed by atoms with Crippen molar-refractivity contribution in [3.8, 4) is 0 Å². The van der Waals surface area contributed by atoms with Gasteiger partial charge in [0.1, 0.15) is 6.79 Å². The van der Waals surface area contributed by atoms with Crippen LogP contribution in [-0.2, 0) is 4.79 Å². The molecule has 0 bridgehead atoms. The van der Waals surface area contributed by atoms with Gasteiger partial charge >= 0.3 is 0 Å². The smallest absolute Gasteiger partial charge is 0.106 e. The first-order valence-corrected chi connectivity index (χ1v) is 9.52. The van der Waals surface area contributed by atoms with Crippen LogP contribution in [0, 0.1) is 0 Å². The van der Waals surface area contributed by atoms with Gasteiger partial charge in [0.25, 0.3) is 0 Å². The van der Waals surface area contributed by atoms with Gasteiger partial charge in [-0.25, -0.2) is 0 Å². The minimum atomic E-state index is 0.766. The molecular weight excluding hydrogens is 350 g/mol. The fourth-order valence-corrected chi connectivity index (χ4v) is 3.63. The Hall–Kier alpha value is -3.28. The topological polar surface area (TPSA) is 87.0 Å². The SMILES string of the molecule is C=O.CNc1cc2c(/C=C/c3cccc(N)c3)n[nH]c2cc1N1CCCCC1. The number of hydrogen-bond donors (Lipinski definition) is 3. The Bertz CT molecular complexity index is 957. The molecule has 28 heavy (non-hydrogen) atoms. The lowest BCUT2D eigenvalue weighted by Crippen LogP contribution is -2.29. The van der Waals surface area contributed by atoms with E-state index in [1.54, 1.807) is 0 Å². The maximum Gasteiger partial charge on any atom is 0.106 e. The van der Waals surface area contributed by atoms with E-state index in [0.717, 1.165) is 46.6 Å². The summed E-state index contributed by atoms with van der Waals surface area (Å²) in [6.07, 6.45) is 7.94. The Labute approximate surface area is 165 Å². The summed E-state index contributed by atoms with van der Waals surface area (Å²) >= 11 is 0. The molecule has 146 valence electrons. The highest BCUT2D eigenvalue weighted by molar-refractivity contribution is 5.96. The molecule has 1 saturated heterocycles. The summed E-state index contributed by atoms with van der Waals surface area (Å²) in [7, 11) is 1.98. The fourth-order valence-electron chi connectivity index (χ4n) is 3.63. The number of rotatable bonds is 4. The average Bonchev–Trinajstić information content (AvgIpc) is 3.15. The van der Waals surface area contributed by atoms with E-state index in [1.807, 2.05) is 50.3 Å². The number of aromatic amines is 1. The minimum absolute atomic E-state index is 0.766. The standard InChI is InChI=1S/C21H25N5.CH2O/c1-23-20-13-17-18(9-8-15-6-5-7-16(22)12-15)24-25-19(17)14-21(20)26-10-3-2-4-11-26;1-2/h5-9,12-14,23H,2-4,10-11,22H2,1H3,(H,24,25);1H2/b9-8+;. The minimum Gasteiger partial charge on any atom is -0.399 e. The first-order chi connectivity index (χ1) is 13.7. The van der Waals surface area contributed by atoms with E-state index in [4.69, 9.17) is 10.5 Å². The number of carbonyl (C=O) groups excluding carboxylic acids is 1. The number of aromatic nitrogens is 2. The van der Waals surface area contributed by atoms with E-state index in [0.29, 0.717) is 0 Å². The van der Waals surface area contributed by atoms with Crippen molar-refractivity contribution in [2.24, 2.45) is 0 Å². The summed E-state index contributed by atoms with van der Waals surface area (Å²) in [5.74, 6) is 0. The van der Waals surface area contributed by atoms with Gasteiger partial charge in [-0.05, 0) is 55.2 Å². The summed E-state index contributed by atoms with van der Waals surface area (Å²) in [4.78, 5) is 10.5. The lowest BCUT2D eigenvalue weighted by Gasteiger charge is -2.30. The van der Waals surface area contributed by atoms with Crippen LogP contribution >= 0.6 is 0 Å². The fraction of sp³-hybridized carbons (Fsp3) is 0.273. The molecule has 0 unspecified atom stereocenters. The summed E-state index contributed by atoms with van der Waals surface area (Å²) in [5.41, 5.74) is 12.1. The van der Waals surface area contributed by atoms with E-state index in [9.17, 15) is 0 Å². The predicted molar refractivity (Wildman–Crippen MR) is 119 cm³/mol. The van der Waals surface area contributed by atoms with Crippen LogP contribution in [0.3, 0.4) is 0 Å². The Kier molecular flexibility index (Phi) is 6.32. The molecule has 1 aliphatic heterocycles. The normalized spacial score (nSPS) is 14.1. The zero-order valence-electron chi connectivity index (χ0n) is 16.2. The number of carbonyl (C=O) groups is 1. The van der Waals surface area contributed by atoms with Crippen molar-refractivity contribution in [3.63, 3.8) is 0 Å². The van der Waals surface area contributed by atoms with Crippen LogP contribution in [0.25, 0.3) is 23.1 Å². The van der Waals surface area contributed by atoms with Crippen molar-refractivity contribution in [1.29, 1.82) is 0 Å². The molecule has 0 amide bonds. The zero-order valence-corrected chi connectivity index (χ0v) is 16.2. The van der Waals surface area contributed by atoms with Crippen molar-refractivity contribution in [3.05, 3.63) is 47.7 Å². The Morgan fingerprint density at radius 1 is 1.14 bits per heavy atom. The molecule has 2 aromatic carbocycles. The zero-order chi connectivity index (χ0) is 19.9. The third kappa shape index (κ3) is 4.17. The number of piperidine rings is 1. The molecule has 0 saturated carbocycles. The number of anilines is 3. The third-order valence-electron chi connectivity index (χ3n) is 5.02. The van der Waals surface area contributed by atoms with Crippen molar-refractivity contribution < 1.29 is 4.79 Å². The maximum absolute atomic E-state index is 8.00. The van der Waals surface area contributed by atoms with E-state index in [-0.39, 0.29) is 0 Å². The van der Waals surface area contributed by atoms with Crippen LogP contribution in [0.2, 0.25) is 0 Å². The van der Waals surface area contributed by atoms with Gasteiger partial charge in [0.05, 0.1) is 22.6 Å². The Morgan fingerprint density at radius 2 is 1.93 bits per heavy atom. The molecule has 4 rings (SSSR count). The second-order valence-electron chi connectivity index (χ2n) is 6.82. The summed E-state index contributed by atoms with van der Waals surface area (Å²) in [6, 6.07) is 12.3. The predicted octanol–water partition coefficient (Wildman–Crippen LogP) is 4.16. The van der Waals surface area contributed by atoms with Crippen LogP contribution in [-0.4, -0.2) is 37.1 Å². The maximum atomic E-state index is 8.00. The molecule has 6 heteroatoms. The molecule has 1 aromatic heterocycles. The molecule has 0 atom stereocenters. The van der Waals surface area contributed by atoms with Crippen LogP contribution in [0.5, 0.6) is 0 Å². The number of nitrogens with zero attached hydrogens (tertiary/aromatic N) is 2. The van der Waals surface area contributed by atoms with Gasteiger partial charge in [-0.2, -0.15) is 5.10 Å². The van der Waals surface area contributed by atoms with Gasteiger partial charge < -0.3 is 20.7 Å². The van der Waals surface area contributed by atoms with E-state index in [2.05, 4.69) is 32.5 Å². The van der Waals surface area contributed by atoms with Crippen LogP contribution in [0.1, 0.15) is 30.5 Å². The van der Waals surface area contributed by atoms with Gasteiger partial charge in [-0.15, -0.1) is 0 Å². The van der Waals surface area contributed by atoms with Crippen molar-refractivity contribution in [2.75, 3.05) is 36.1 Å². The molecule has 0 aliphatic carbocycles. The largest absolute Gasteiger partial charge is 0.399 e.